The van der Waals surface area contributed by atoms with E-state index in [1.807, 2.05) is 24.3 Å². The third-order valence-corrected chi connectivity index (χ3v) is 3.80. The Hall–Kier alpha value is -3.15. The Labute approximate surface area is 153 Å². The molecular weight excluding hydrogens is 330 g/mol. The van der Waals surface area contributed by atoms with Crippen molar-refractivity contribution in [3.05, 3.63) is 65.2 Å². The number of hydrogen-bond donors (Lipinski definition) is 2. The number of nitrogens with zero attached hydrogens (tertiary/aromatic N) is 1. The van der Waals surface area contributed by atoms with Gasteiger partial charge in [-0.15, -0.1) is 0 Å². The summed E-state index contributed by atoms with van der Waals surface area (Å²) in [7, 11) is 1.58. The molecule has 0 radical (unpaired) electrons. The highest BCUT2D eigenvalue weighted by molar-refractivity contribution is 6.35. The molecule has 0 aliphatic rings. The normalized spacial score (nSPS) is 10.8. The molecule has 2 N–H and O–H groups in total. The molecule has 2 aromatic rings. The lowest BCUT2D eigenvalue weighted by Gasteiger charge is -2.07. The van der Waals surface area contributed by atoms with Crippen molar-refractivity contribution in [3.63, 3.8) is 0 Å². The fourth-order valence-electron chi connectivity index (χ4n) is 2.19. The van der Waals surface area contributed by atoms with Crippen molar-refractivity contribution in [1.82, 2.24) is 10.7 Å². The van der Waals surface area contributed by atoms with Crippen LogP contribution in [0.1, 0.15) is 36.5 Å². The first-order valence-electron chi connectivity index (χ1n) is 8.33. The number of methoxy groups -OCH3 is 1. The van der Waals surface area contributed by atoms with E-state index in [0.29, 0.717) is 5.92 Å². The number of nitrogens with one attached hydrogen (secondary N) is 2. The van der Waals surface area contributed by atoms with Gasteiger partial charge in [0.2, 0.25) is 0 Å². The number of amides is 2. The van der Waals surface area contributed by atoms with Gasteiger partial charge in [0.05, 0.1) is 13.3 Å². The monoisotopic (exact) mass is 353 g/mol. The van der Waals surface area contributed by atoms with Crippen LogP contribution in [0.15, 0.2) is 53.6 Å². The summed E-state index contributed by atoms with van der Waals surface area (Å²) >= 11 is 0. The van der Waals surface area contributed by atoms with Gasteiger partial charge in [-0.3, -0.25) is 9.59 Å². The van der Waals surface area contributed by atoms with Gasteiger partial charge >= 0.3 is 11.8 Å². The summed E-state index contributed by atoms with van der Waals surface area (Å²) in [5, 5.41) is 6.35. The van der Waals surface area contributed by atoms with Crippen molar-refractivity contribution in [2.24, 2.45) is 5.10 Å². The van der Waals surface area contributed by atoms with Crippen LogP contribution < -0.4 is 15.5 Å². The van der Waals surface area contributed by atoms with E-state index in [-0.39, 0.29) is 6.54 Å². The number of carbonyl (C=O) groups is 2. The molecule has 0 aromatic heterocycles. The molecule has 0 heterocycles. The lowest BCUT2D eigenvalue weighted by molar-refractivity contribution is -0.139. The van der Waals surface area contributed by atoms with Crippen molar-refractivity contribution in [3.8, 4) is 5.75 Å². The first-order chi connectivity index (χ1) is 12.5. The fraction of sp³-hybridized carbons (Fsp3) is 0.250. The van der Waals surface area contributed by atoms with Crippen molar-refractivity contribution < 1.29 is 14.3 Å². The molecule has 6 heteroatoms. The van der Waals surface area contributed by atoms with Gasteiger partial charge in [0.1, 0.15) is 5.75 Å². The molecule has 0 unspecified atom stereocenters. The van der Waals surface area contributed by atoms with Crippen molar-refractivity contribution in [1.29, 1.82) is 0 Å². The van der Waals surface area contributed by atoms with Crippen molar-refractivity contribution in [2.45, 2.75) is 26.3 Å². The fourth-order valence-corrected chi connectivity index (χ4v) is 2.19. The molecule has 0 atom stereocenters. The molecule has 0 saturated carbocycles. The van der Waals surface area contributed by atoms with E-state index in [2.05, 4.69) is 29.7 Å². The van der Waals surface area contributed by atoms with Gasteiger partial charge in [0, 0.05) is 6.54 Å². The lowest BCUT2D eigenvalue weighted by atomic mass is 10.0. The Morgan fingerprint density at radius 2 is 1.69 bits per heavy atom. The molecule has 2 rings (SSSR count). The summed E-state index contributed by atoms with van der Waals surface area (Å²) in [5.41, 5.74) is 5.14. The highest BCUT2D eigenvalue weighted by Gasteiger charge is 2.12. The first-order valence-corrected chi connectivity index (χ1v) is 8.33. The summed E-state index contributed by atoms with van der Waals surface area (Å²) in [5.74, 6) is -0.363. The van der Waals surface area contributed by atoms with Crippen LogP contribution in [0.5, 0.6) is 5.75 Å². The molecule has 26 heavy (non-hydrogen) atoms. The molecule has 0 fully saturated rings. The molecule has 0 saturated heterocycles. The second-order valence-corrected chi connectivity index (χ2v) is 6.05. The molecule has 0 bridgehead atoms. The summed E-state index contributed by atoms with van der Waals surface area (Å²) < 4.78 is 5.06. The largest absolute Gasteiger partial charge is 0.497 e. The van der Waals surface area contributed by atoms with Gasteiger partial charge in [-0.05, 0) is 46.9 Å². The molecule has 0 aliphatic heterocycles. The van der Waals surface area contributed by atoms with E-state index < -0.39 is 11.8 Å². The van der Waals surface area contributed by atoms with Crippen LogP contribution in [0.4, 0.5) is 0 Å². The summed E-state index contributed by atoms with van der Waals surface area (Å²) in [6.07, 6.45) is 1.45. The van der Waals surface area contributed by atoms with Gasteiger partial charge < -0.3 is 10.1 Å². The number of rotatable bonds is 6. The van der Waals surface area contributed by atoms with Crippen LogP contribution in [-0.2, 0) is 16.1 Å². The topological polar surface area (TPSA) is 79.8 Å². The molecule has 136 valence electrons. The van der Waals surface area contributed by atoms with Crippen LogP contribution in [0.2, 0.25) is 0 Å². The predicted octanol–water partition coefficient (Wildman–Crippen LogP) is 2.59. The van der Waals surface area contributed by atoms with E-state index in [1.54, 1.807) is 31.4 Å². The Morgan fingerprint density at radius 1 is 1.04 bits per heavy atom. The number of ether oxygens (including phenoxy) is 1. The van der Waals surface area contributed by atoms with Crippen LogP contribution in [-0.4, -0.2) is 25.1 Å². The number of benzene rings is 2. The van der Waals surface area contributed by atoms with Gasteiger partial charge in [-0.2, -0.15) is 5.10 Å². The minimum atomic E-state index is -0.812. The van der Waals surface area contributed by atoms with Crippen LogP contribution in [0.25, 0.3) is 0 Å². The van der Waals surface area contributed by atoms with Gasteiger partial charge in [-0.1, -0.05) is 38.1 Å². The highest BCUT2D eigenvalue weighted by atomic mass is 16.5. The zero-order chi connectivity index (χ0) is 18.9. The minimum Gasteiger partial charge on any atom is -0.497 e. The standard InChI is InChI=1S/C20H23N3O3/c1-14(2)17-8-4-15(5-9-17)12-21-19(24)20(25)23-22-13-16-6-10-18(26-3)11-7-16/h4-11,13-14H,12H2,1-3H3,(H,21,24)(H,23,25)/b22-13-. The zero-order valence-corrected chi connectivity index (χ0v) is 15.2. The Balaban J connectivity index is 1.79. The maximum absolute atomic E-state index is 11.8. The maximum Gasteiger partial charge on any atom is 0.329 e. The van der Waals surface area contributed by atoms with Crippen LogP contribution in [0, 0.1) is 0 Å². The Morgan fingerprint density at radius 3 is 2.27 bits per heavy atom. The van der Waals surface area contributed by atoms with Crippen LogP contribution in [0.3, 0.4) is 0 Å². The van der Waals surface area contributed by atoms with E-state index in [9.17, 15) is 9.59 Å². The van der Waals surface area contributed by atoms with Crippen LogP contribution >= 0.6 is 0 Å². The molecule has 2 amide bonds. The minimum absolute atomic E-state index is 0.285. The number of hydrazone groups is 1. The first kappa shape index (κ1) is 19.2. The average molecular weight is 353 g/mol. The summed E-state index contributed by atoms with van der Waals surface area (Å²) in [6.45, 7) is 4.52. The number of hydrogen-bond acceptors (Lipinski definition) is 4. The third kappa shape index (κ3) is 5.73. The van der Waals surface area contributed by atoms with Gasteiger partial charge in [0.15, 0.2) is 0 Å². The second kappa shape index (κ2) is 9.36. The SMILES string of the molecule is COc1ccc(/C=N\NC(=O)C(=O)NCc2ccc(C(C)C)cc2)cc1. The lowest BCUT2D eigenvalue weighted by Crippen LogP contribution is -2.37. The highest BCUT2D eigenvalue weighted by Crippen LogP contribution is 2.14. The third-order valence-electron chi connectivity index (χ3n) is 3.80. The van der Waals surface area contributed by atoms with E-state index in [4.69, 9.17) is 4.74 Å². The molecule has 6 nitrogen and oxygen atoms in total. The molecule has 0 aliphatic carbocycles. The van der Waals surface area contributed by atoms with Gasteiger partial charge in [-0.25, -0.2) is 5.43 Å². The second-order valence-electron chi connectivity index (χ2n) is 6.05. The Bertz CT molecular complexity index is 766. The Kier molecular flexibility index (Phi) is 6.91. The molecule has 0 spiro atoms. The maximum atomic E-state index is 11.8. The average Bonchev–Trinajstić information content (AvgIpc) is 2.66. The van der Waals surface area contributed by atoms with E-state index in [1.165, 1.54) is 11.8 Å². The van der Waals surface area contributed by atoms with Crippen molar-refractivity contribution in [2.75, 3.05) is 7.11 Å². The van der Waals surface area contributed by atoms with Crippen molar-refractivity contribution >= 4 is 18.0 Å². The molecule has 2 aromatic carbocycles. The molecular formula is C20H23N3O3. The summed E-state index contributed by atoms with van der Waals surface area (Å²) in [4.78, 5) is 23.5. The van der Waals surface area contributed by atoms with E-state index in [0.717, 1.165) is 16.9 Å². The summed E-state index contributed by atoms with van der Waals surface area (Å²) in [6, 6.07) is 15.0. The van der Waals surface area contributed by atoms with Gasteiger partial charge in [0.25, 0.3) is 0 Å². The predicted molar refractivity (Wildman–Crippen MR) is 101 cm³/mol. The quantitative estimate of drug-likeness (QED) is 0.476. The van der Waals surface area contributed by atoms with E-state index >= 15 is 0 Å². The zero-order valence-electron chi connectivity index (χ0n) is 15.2. The smallest absolute Gasteiger partial charge is 0.329 e. The number of carbonyl (C=O) groups excluding carboxylic acids is 2.